The van der Waals surface area contributed by atoms with E-state index in [4.69, 9.17) is 16.3 Å². The summed E-state index contributed by atoms with van der Waals surface area (Å²) in [6.07, 6.45) is 5.22. The van der Waals surface area contributed by atoms with Crippen molar-refractivity contribution in [2.75, 3.05) is 38.1 Å². The van der Waals surface area contributed by atoms with E-state index in [1.807, 2.05) is 0 Å². The van der Waals surface area contributed by atoms with Crippen LogP contribution >= 0.6 is 11.6 Å². The largest absolute Gasteiger partial charge is 0.482 e. The van der Waals surface area contributed by atoms with Gasteiger partial charge in [-0.05, 0) is 18.9 Å². The van der Waals surface area contributed by atoms with Crippen molar-refractivity contribution in [1.82, 2.24) is 9.21 Å². The molecule has 2 aliphatic heterocycles. The first kappa shape index (κ1) is 20.4. The zero-order valence-electron chi connectivity index (χ0n) is 16.0. The maximum absolute atomic E-state index is 13.1. The minimum atomic E-state index is -3.84. The molecule has 29 heavy (non-hydrogen) atoms. The first-order valence-corrected chi connectivity index (χ1v) is 11.7. The van der Waals surface area contributed by atoms with Crippen molar-refractivity contribution < 1.29 is 22.7 Å². The van der Waals surface area contributed by atoms with E-state index in [-0.39, 0.29) is 53.1 Å². The van der Waals surface area contributed by atoms with Gasteiger partial charge in [0.2, 0.25) is 15.9 Å². The summed E-state index contributed by atoms with van der Waals surface area (Å²) in [7, 11) is -3.84. The topological polar surface area (TPSA) is 96.0 Å². The average Bonchev–Trinajstić information content (AvgIpc) is 2.73. The molecule has 3 aliphatic rings. The third kappa shape index (κ3) is 4.08. The summed E-state index contributed by atoms with van der Waals surface area (Å²) in [5.41, 5.74) is 0.355. The van der Waals surface area contributed by atoms with Crippen molar-refractivity contribution in [3.63, 3.8) is 0 Å². The first-order chi connectivity index (χ1) is 13.9. The number of anilines is 1. The fourth-order valence-corrected chi connectivity index (χ4v) is 6.11. The molecule has 158 valence electrons. The van der Waals surface area contributed by atoms with Crippen LogP contribution in [0.2, 0.25) is 5.02 Å². The summed E-state index contributed by atoms with van der Waals surface area (Å²) >= 11 is 6.22. The Labute approximate surface area is 175 Å². The molecule has 10 heteroatoms. The monoisotopic (exact) mass is 441 g/mol. The summed E-state index contributed by atoms with van der Waals surface area (Å²) in [6.45, 7) is 1.04. The number of rotatable bonds is 3. The molecule has 2 heterocycles. The number of nitrogens with one attached hydrogen (secondary N) is 1. The SMILES string of the molecule is O=C1COc2cc(S(=O)(=O)N3CCN(C(=O)C4CCCCC4)CC3)c(Cl)cc2N1. The molecule has 0 bridgehead atoms. The van der Waals surface area contributed by atoms with E-state index in [0.29, 0.717) is 18.8 Å². The van der Waals surface area contributed by atoms with Crippen LogP contribution in [0.15, 0.2) is 17.0 Å². The minimum Gasteiger partial charge on any atom is -0.482 e. The molecule has 1 aliphatic carbocycles. The number of hydrogen-bond acceptors (Lipinski definition) is 5. The Morgan fingerprint density at radius 3 is 2.48 bits per heavy atom. The second-order valence-corrected chi connectivity index (χ2v) is 9.99. The second kappa shape index (κ2) is 8.12. The summed E-state index contributed by atoms with van der Waals surface area (Å²) < 4.78 is 32.9. The zero-order valence-corrected chi connectivity index (χ0v) is 17.6. The van der Waals surface area contributed by atoms with Gasteiger partial charge in [-0.2, -0.15) is 4.31 Å². The number of ether oxygens (including phenoxy) is 1. The third-order valence-electron chi connectivity index (χ3n) is 5.79. The number of carbonyl (C=O) groups excluding carboxylic acids is 2. The highest BCUT2D eigenvalue weighted by Gasteiger charge is 2.34. The molecule has 0 aromatic heterocycles. The van der Waals surface area contributed by atoms with Crippen molar-refractivity contribution in [2.24, 2.45) is 5.92 Å². The number of halogens is 1. The van der Waals surface area contributed by atoms with E-state index in [9.17, 15) is 18.0 Å². The predicted octanol–water partition coefficient (Wildman–Crippen LogP) is 2.08. The van der Waals surface area contributed by atoms with Crippen LogP contribution in [0.1, 0.15) is 32.1 Å². The van der Waals surface area contributed by atoms with Gasteiger partial charge in [-0.15, -0.1) is 0 Å². The predicted molar refractivity (Wildman–Crippen MR) is 107 cm³/mol. The molecule has 0 atom stereocenters. The normalized spacial score (nSPS) is 21.3. The van der Waals surface area contributed by atoms with Gasteiger partial charge in [0.1, 0.15) is 10.6 Å². The number of hydrogen-bond donors (Lipinski definition) is 1. The Morgan fingerprint density at radius 1 is 1.10 bits per heavy atom. The molecule has 0 unspecified atom stereocenters. The van der Waals surface area contributed by atoms with Gasteiger partial charge in [0.25, 0.3) is 5.91 Å². The Kier molecular flexibility index (Phi) is 5.72. The van der Waals surface area contributed by atoms with E-state index in [1.165, 1.54) is 22.9 Å². The van der Waals surface area contributed by atoms with Gasteiger partial charge < -0.3 is 15.0 Å². The Morgan fingerprint density at radius 2 is 1.79 bits per heavy atom. The van der Waals surface area contributed by atoms with Crippen molar-refractivity contribution in [3.05, 3.63) is 17.2 Å². The van der Waals surface area contributed by atoms with Gasteiger partial charge >= 0.3 is 0 Å². The minimum absolute atomic E-state index is 0.0234. The number of sulfonamides is 1. The van der Waals surface area contributed by atoms with E-state index in [2.05, 4.69) is 5.32 Å². The van der Waals surface area contributed by atoms with Gasteiger partial charge in [-0.1, -0.05) is 30.9 Å². The van der Waals surface area contributed by atoms with Gasteiger partial charge in [-0.3, -0.25) is 9.59 Å². The lowest BCUT2D eigenvalue weighted by Gasteiger charge is -2.36. The fourth-order valence-electron chi connectivity index (χ4n) is 4.17. The smallest absolute Gasteiger partial charge is 0.262 e. The standard InChI is InChI=1S/C19H24ClN3O5S/c20-14-10-15-16(28-12-18(24)21-15)11-17(14)29(26,27)23-8-6-22(7-9-23)19(25)13-4-2-1-3-5-13/h10-11,13H,1-9,12H2,(H,21,24). The molecule has 1 saturated carbocycles. The molecular formula is C19H24ClN3O5S. The molecular weight excluding hydrogens is 418 g/mol. The highest BCUT2D eigenvalue weighted by molar-refractivity contribution is 7.89. The Balaban J connectivity index is 1.46. The lowest BCUT2D eigenvalue weighted by Crippen LogP contribution is -2.52. The van der Waals surface area contributed by atoms with E-state index >= 15 is 0 Å². The summed E-state index contributed by atoms with van der Waals surface area (Å²) in [6, 6.07) is 2.75. The van der Waals surface area contributed by atoms with E-state index < -0.39 is 10.0 Å². The molecule has 2 amide bonds. The molecule has 1 saturated heterocycles. The summed E-state index contributed by atoms with van der Waals surface area (Å²) in [4.78, 5) is 25.9. The van der Waals surface area contributed by atoms with Crippen LogP contribution in [0.5, 0.6) is 5.75 Å². The fraction of sp³-hybridized carbons (Fsp3) is 0.579. The zero-order chi connectivity index (χ0) is 20.6. The maximum Gasteiger partial charge on any atom is 0.262 e. The van der Waals surface area contributed by atoms with E-state index in [0.717, 1.165) is 25.7 Å². The molecule has 1 aromatic carbocycles. The van der Waals surface area contributed by atoms with Crippen molar-refractivity contribution in [3.8, 4) is 5.75 Å². The Hall–Kier alpha value is -1.84. The molecule has 1 N–H and O–H groups in total. The first-order valence-electron chi connectivity index (χ1n) is 9.91. The van der Waals surface area contributed by atoms with Crippen LogP contribution < -0.4 is 10.1 Å². The van der Waals surface area contributed by atoms with Gasteiger partial charge in [0.15, 0.2) is 6.61 Å². The number of fused-ring (bicyclic) bond motifs is 1. The lowest BCUT2D eigenvalue weighted by molar-refractivity contribution is -0.137. The molecule has 1 aromatic rings. The number of piperazine rings is 1. The molecule has 2 fully saturated rings. The second-order valence-electron chi connectivity index (χ2n) is 7.68. The van der Waals surface area contributed by atoms with Crippen LogP contribution in [0.3, 0.4) is 0 Å². The summed E-state index contributed by atoms with van der Waals surface area (Å²) in [5.74, 6) is 0.189. The van der Waals surface area contributed by atoms with Crippen molar-refractivity contribution >= 4 is 39.1 Å². The number of amides is 2. The third-order valence-corrected chi connectivity index (χ3v) is 8.15. The average molecular weight is 442 g/mol. The molecule has 0 radical (unpaired) electrons. The summed E-state index contributed by atoms with van der Waals surface area (Å²) in [5, 5.41) is 2.63. The van der Waals surface area contributed by atoms with Gasteiger partial charge in [-0.25, -0.2) is 8.42 Å². The van der Waals surface area contributed by atoms with Crippen LogP contribution in [-0.4, -0.2) is 62.2 Å². The molecule has 8 nitrogen and oxygen atoms in total. The highest BCUT2D eigenvalue weighted by atomic mass is 35.5. The van der Waals surface area contributed by atoms with Crippen LogP contribution in [-0.2, 0) is 19.6 Å². The van der Waals surface area contributed by atoms with Crippen LogP contribution in [0.25, 0.3) is 0 Å². The van der Waals surface area contributed by atoms with Gasteiger partial charge in [0, 0.05) is 38.2 Å². The van der Waals surface area contributed by atoms with Crippen molar-refractivity contribution in [1.29, 1.82) is 0 Å². The van der Waals surface area contributed by atoms with Crippen LogP contribution in [0.4, 0.5) is 5.69 Å². The number of nitrogens with zero attached hydrogens (tertiary/aromatic N) is 2. The number of carbonyl (C=O) groups is 2. The van der Waals surface area contributed by atoms with E-state index in [1.54, 1.807) is 4.90 Å². The maximum atomic E-state index is 13.1. The van der Waals surface area contributed by atoms with Crippen molar-refractivity contribution in [2.45, 2.75) is 37.0 Å². The highest BCUT2D eigenvalue weighted by Crippen LogP contribution is 2.37. The lowest BCUT2D eigenvalue weighted by atomic mass is 9.88. The number of benzene rings is 1. The molecule has 0 spiro atoms. The Bertz CT molecular complexity index is 922. The molecule has 4 rings (SSSR count). The van der Waals surface area contributed by atoms with Crippen LogP contribution in [0, 0.1) is 5.92 Å². The quantitative estimate of drug-likeness (QED) is 0.774. The van der Waals surface area contributed by atoms with Gasteiger partial charge in [0.05, 0.1) is 10.7 Å².